The van der Waals surface area contributed by atoms with Crippen molar-refractivity contribution in [3.05, 3.63) is 24.0 Å². The van der Waals surface area contributed by atoms with Crippen LogP contribution in [0.15, 0.2) is 18.3 Å². The van der Waals surface area contributed by atoms with Crippen LogP contribution in [0.1, 0.15) is 17.4 Å². The van der Waals surface area contributed by atoms with Crippen molar-refractivity contribution in [3.63, 3.8) is 0 Å². The highest BCUT2D eigenvalue weighted by Gasteiger charge is 2.05. The van der Waals surface area contributed by atoms with Gasteiger partial charge in [-0.05, 0) is 19.1 Å². The number of hydrogen-bond donors (Lipinski definition) is 3. The molecule has 2 amide bonds. The fourth-order valence-electron chi connectivity index (χ4n) is 0.982. The normalized spacial score (nSPS) is 8.76. The molecule has 1 aromatic rings. The minimum atomic E-state index is -1.11. The van der Waals surface area contributed by atoms with Crippen molar-refractivity contribution in [3.8, 4) is 11.8 Å². The summed E-state index contributed by atoms with van der Waals surface area (Å²) in [5.74, 6) is 4.20. The number of hydrogen-bond acceptors (Lipinski definition) is 3. The second kappa shape index (κ2) is 6.12. The van der Waals surface area contributed by atoms with E-state index in [1.54, 1.807) is 6.92 Å². The van der Waals surface area contributed by atoms with E-state index >= 15 is 0 Å². The van der Waals surface area contributed by atoms with E-state index in [-0.39, 0.29) is 12.2 Å². The molecule has 0 saturated carbocycles. The number of rotatable bonds is 3. The number of aromatic nitrogens is 1. The molecular formula is C11H11N3O3. The number of anilines is 1. The van der Waals surface area contributed by atoms with E-state index < -0.39 is 12.0 Å². The molecule has 0 aromatic carbocycles. The first-order valence-corrected chi connectivity index (χ1v) is 4.77. The summed E-state index contributed by atoms with van der Waals surface area (Å²) >= 11 is 0. The molecule has 0 aliphatic heterocycles. The molecule has 6 heteroatoms. The van der Waals surface area contributed by atoms with Gasteiger partial charge in [0.05, 0.1) is 18.4 Å². The number of aromatic carboxylic acids is 1. The lowest BCUT2D eigenvalue weighted by Crippen LogP contribution is -2.28. The summed E-state index contributed by atoms with van der Waals surface area (Å²) in [5.41, 5.74) is 0.338. The molecule has 0 spiro atoms. The van der Waals surface area contributed by atoms with Crippen LogP contribution in [0.2, 0.25) is 0 Å². The van der Waals surface area contributed by atoms with Crippen LogP contribution in [0, 0.1) is 11.8 Å². The lowest BCUT2D eigenvalue weighted by molar-refractivity contribution is 0.0690. The molecule has 17 heavy (non-hydrogen) atoms. The number of nitrogens with zero attached hydrogens (tertiary/aromatic N) is 1. The van der Waals surface area contributed by atoms with E-state index in [1.807, 2.05) is 0 Å². The van der Waals surface area contributed by atoms with Gasteiger partial charge in [0.2, 0.25) is 0 Å². The van der Waals surface area contributed by atoms with Crippen LogP contribution in [-0.4, -0.2) is 28.6 Å². The van der Waals surface area contributed by atoms with Crippen molar-refractivity contribution in [2.24, 2.45) is 0 Å². The molecule has 0 radical (unpaired) electrons. The average molecular weight is 233 g/mol. The van der Waals surface area contributed by atoms with Crippen LogP contribution in [0.4, 0.5) is 10.5 Å². The largest absolute Gasteiger partial charge is 0.477 e. The maximum absolute atomic E-state index is 11.3. The third-order valence-corrected chi connectivity index (χ3v) is 1.75. The summed E-state index contributed by atoms with van der Waals surface area (Å²) in [6.45, 7) is 1.93. The highest BCUT2D eigenvalue weighted by Crippen LogP contribution is 2.05. The lowest BCUT2D eigenvalue weighted by Gasteiger charge is -2.04. The molecule has 6 nitrogen and oxygen atoms in total. The van der Waals surface area contributed by atoms with Crippen molar-refractivity contribution in [1.29, 1.82) is 0 Å². The summed E-state index contributed by atoms with van der Waals surface area (Å²) in [7, 11) is 0. The first kappa shape index (κ1) is 12.5. The van der Waals surface area contributed by atoms with Gasteiger partial charge >= 0.3 is 12.0 Å². The van der Waals surface area contributed by atoms with Crippen molar-refractivity contribution in [2.75, 3.05) is 11.9 Å². The van der Waals surface area contributed by atoms with Crippen molar-refractivity contribution >= 4 is 17.7 Å². The van der Waals surface area contributed by atoms with Gasteiger partial charge in [0.1, 0.15) is 5.69 Å². The van der Waals surface area contributed by atoms with Gasteiger partial charge in [-0.2, -0.15) is 0 Å². The molecule has 0 aliphatic rings. The Morgan fingerprint density at radius 1 is 1.47 bits per heavy atom. The Morgan fingerprint density at radius 2 is 2.24 bits per heavy atom. The maximum Gasteiger partial charge on any atom is 0.354 e. The third-order valence-electron chi connectivity index (χ3n) is 1.75. The molecule has 0 aliphatic carbocycles. The number of carboxylic acids is 1. The Balaban J connectivity index is 2.53. The van der Waals surface area contributed by atoms with Crippen LogP contribution < -0.4 is 10.6 Å². The summed E-state index contributed by atoms with van der Waals surface area (Å²) in [6.07, 6.45) is 1.27. The molecule has 0 unspecified atom stereocenters. The minimum absolute atomic E-state index is 0.0761. The number of carbonyl (C=O) groups is 2. The van der Waals surface area contributed by atoms with Crippen LogP contribution in [0.3, 0.4) is 0 Å². The molecule has 1 rings (SSSR count). The Bertz CT molecular complexity index is 471. The Kier molecular flexibility index (Phi) is 4.51. The highest BCUT2D eigenvalue weighted by molar-refractivity contribution is 5.90. The van der Waals surface area contributed by atoms with E-state index in [4.69, 9.17) is 5.11 Å². The predicted molar refractivity (Wildman–Crippen MR) is 61.7 cm³/mol. The van der Waals surface area contributed by atoms with Crippen molar-refractivity contribution in [2.45, 2.75) is 6.92 Å². The first-order valence-electron chi connectivity index (χ1n) is 4.77. The molecule has 0 atom stereocenters. The van der Waals surface area contributed by atoms with Crippen LogP contribution in [0.25, 0.3) is 0 Å². The quantitative estimate of drug-likeness (QED) is 0.677. The van der Waals surface area contributed by atoms with Crippen molar-refractivity contribution in [1.82, 2.24) is 10.3 Å². The van der Waals surface area contributed by atoms with Gasteiger partial charge in [-0.15, -0.1) is 5.92 Å². The molecule has 0 fully saturated rings. The number of amides is 2. The fourth-order valence-corrected chi connectivity index (χ4v) is 0.982. The molecule has 88 valence electrons. The Labute approximate surface area is 98.1 Å². The van der Waals surface area contributed by atoms with Gasteiger partial charge in [-0.25, -0.2) is 14.6 Å². The monoisotopic (exact) mass is 233 g/mol. The summed E-state index contributed by atoms with van der Waals surface area (Å²) in [4.78, 5) is 25.5. The van der Waals surface area contributed by atoms with Gasteiger partial charge in [-0.1, -0.05) is 5.92 Å². The molecule has 1 heterocycles. The smallest absolute Gasteiger partial charge is 0.354 e. The number of carbonyl (C=O) groups excluding carboxylic acids is 1. The van der Waals surface area contributed by atoms with E-state index in [1.165, 1.54) is 18.3 Å². The Morgan fingerprint density at radius 3 is 2.76 bits per heavy atom. The average Bonchev–Trinajstić information content (AvgIpc) is 2.30. The summed E-state index contributed by atoms with van der Waals surface area (Å²) in [5, 5.41) is 13.6. The molecule has 1 aromatic heterocycles. The highest BCUT2D eigenvalue weighted by atomic mass is 16.4. The number of nitrogens with one attached hydrogen (secondary N) is 2. The number of urea groups is 1. The standard InChI is InChI=1S/C11H11N3O3/c1-2-3-6-12-11(17)14-8-4-5-9(10(15)16)13-7-8/h4-5,7H,6H2,1H3,(H,15,16)(H2,12,14,17). The van der Waals surface area contributed by atoms with E-state index in [0.717, 1.165) is 0 Å². The van der Waals surface area contributed by atoms with Gasteiger partial charge < -0.3 is 15.7 Å². The minimum Gasteiger partial charge on any atom is -0.477 e. The zero-order chi connectivity index (χ0) is 12.7. The third kappa shape index (κ3) is 4.22. The molecule has 0 saturated heterocycles. The predicted octanol–water partition coefficient (Wildman–Crippen LogP) is 0.925. The lowest BCUT2D eigenvalue weighted by atomic mass is 10.3. The van der Waals surface area contributed by atoms with Crippen LogP contribution >= 0.6 is 0 Å². The van der Waals surface area contributed by atoms with Gasteiger partial charge in [-0.3, -0.25) is 0 Å². The molecule has 3 N–H and O–H groups in total. The molecular weight excluding hydrogens is 222 g/mol. The zero-order valence-electron chi connectivity index (χ0n) is 9.15. The van der Waals surface area contributed by atoms with Gasteiger partial charge in [0.25, 0.3) is 0 Å². The second-order valence-corrected chi connectivity index (χ2v) is 2.97. The zero-order valence-corrected chi connectivity index (χ0v) is 9.15. The van der Waals surface area contributed by atoms with Gasteiger partial charge in [0, 0.05) is 0 Å². The van der Waals surface area contributed by atoms with Crippen LogP contribution in [0.5, 0.6) is 0 Å². The van der Waals surface area contributed by atoms with Crippen molar-refractivity contribution < 1.29 is 14.7 Å². The van der Waals surface area contributed by atoms with E-state index in [0.29, 0.717) is 5.69 Å². The van der Waals surface area contributed by atoms with Crippen LogP contribution in [-0.2, 0) is 0 Å². The first-order chi connectivity index (χ1) is 8.13. The fraction of sp³-hybridized carbons (Fsp3) is 0.182. The summed E-state index contributed by atoms with van der Waals surface area (Å²) in [6, 6.07) is 2.35. The number of pyridine rings is 1. The SMILES string of the molecule is CC#CCNC(=O)Nc1ccc(C(=O)O)nc1. The Hall–Kier alpha value is -2.55. The van der Waals surface area contributed by atoms with Gasteiger partial charge in [0.15, 0.2) is 0 Å². The topological polar surface area (TPSA) is 91.3 Å². The van der Waals surface area contributed by atoms with E-state index in [9.17, 15) is 9.59 Å². The molecule has 0 bridgehead atoms. The number of carboxylic acid groups (broad SMARTS) is 1. The maximum atomic E-state index is 11.3. The second-order valence-electron chi connectivity index (χ2n) is 2.97. The summed E-state index contributed by atoms with van der Waals surface area (Å²) < 4.78 is 0. The van der Waals surface area contributed by atoms with E-state index in [2.05, 4.69) is 27.5 Å².